The van der Waals surface area contributed by atoms with Crippen molar-refractivity contribution in [2.24, 2.45) is 0 Å². The molecule has 15 heavy (non-hydrogen) atoms. The van der Waals surface area contributed by atoms with E-state index >= 15 is 0 Å². The number of methoxy groups -OCH3 is 1. The maximum absolute atomic E-state index is 11.2. The van der Waals surface area contributed by atoms with Gasteiger partial charge in [-0.25, -0.2) is 0 Å². The third kappa shape index (κ3) is 3.06. The van der Waals surface area contributed by atoms with Crippen LogP contribution in [0.4, 0.5) is 0 Å². The lowest BCUT2D eigenvalue weighted by Gasteiger charge is -2.11. The number of hydrogen-bond acceptors (Lipinski definition) is 2. The summed E-state index contributed by atoms with van der Waals surface area (Å²) < 4.78 is 4.68. The molecular formula is C12H15BrO2. The fourth-order valence-corrected chi connectivity index (χ4v) is 2.46. The summed E-state index contributed by atoms with van der Waals surface area (Å²) in [6.07, 6.45) is 0.347. The molecule has 1 rings (SSSR count). The van der Waals surface area contributed by atoms with Crippen molar-refractivity contribution in [2.45, 2.75) is 25.6 Å². The maximum Gasteiger partial charge on any atom is 0.309 e. The molecule has 0 saturated carbocycles. The highest BCUT2D eigenvalue weighted by Crippen LogP contribution is 2.20. The Hall–Kier alpha value is -0.830. The smallest absolute Gasteiger partial charge is 0.309 e. The van der Waals surface area contributed by atoms with Gasteiger partial charge in [-0.15, -0.1) is 0 Å². The van der Waals surface area contributed by atoms with Crippen LogP contribution < -0.4 is 0 Å². The van der Waals surface area contributed by atoms with E-state index in [4.69, 9.17) is 0 Å². The Balaban J connectivity index is 3.09. The molecule has 0 aliphatic heterocycles. The third-order valence-corrected chi connectivity index (χ3v) is 2.97. The van der Waals surface area contributed by atoms with Crippen LogP contribution in [0.3, 0.4) is 0 Å². The standard InChI is InChI=1S/C12H15BrO2/c1-8-4-9(2)11(7-13)10(5-8)6-12(14)15-3/h4-5H,6-7H2,1-3H3. The molecule has 0 saturated heterocycles. The van der Waals surface area contributed by atoms with Crippen LogP contribution in [0, 0.1) is 13.8 Å². The first-order valence-corrected chi connectivity index (χ1v) is 5.92. The van der Waals surface area contributed by atoms with Crippen LogP contribution in [-0.4, -0.2) is 13.1 Å². The van der Waals surface area contributed by atoms with Gasteiger partial charge in [0.2, 0.25) is 0 Å². The van der Waals surface area contributed by atoms with E-state index in [9.17, 15) is 4.79 Å². The van der Waals surface area contributed by atoms with E-state index in [0.29, 0.717) is 6.42 Å². The zero-order valence-corrected chi connectivity index (χ0v) is 10.8. The summed E-state index contributed by atoms with van der Waals surface area (Å²) in [6.45, 7) is 4.09. The normalized spacial score (nSPS) is 10.1. The SMILES string of the molecule is COC(=O)Cc1cc(C)cc(C)c1CBr. The first-order chi connectivity index (χ1) is 7.08. The van der Waals surface area contributed by atoms with Gasteiger partial charge in [0.1, 0.15) is 0 Å². The number of halogens is 1. The Morgan fingerprint density at radius 2 is 2.07 bits per heavy atom. The second-order valence-corrected chi connectivity index (χ2v) is 4.17. The van der Waals surface area contributed by atoms with Crippen LogP contribution in [0.2, 0.25) is 0 Å². The van der Waals surface area contributed by atoms with Crippen LogP contribution in [0.1, 0.15) is 22.3 Å². The van der Waals surface area contributed by atoms with Crippen LogP contribution >= 0.6 is 15.9 Å². The molecule has 0 radical (unpaired) electrons. The topological polar surface area (TPSA) is 26.3 Å². The first kappa shape index (κ1) is 12.2. The van der Waals surface area contributed by atoms with Crippen molar-refractivity contribution in [3.63, 3.8) is 0 Å². The number of carbonyl (C=O) groups excluding carboxylic acids is 1. The average Bonchev–Trinajstić information content (AvgIpc) is 2.17. The van der Waals surface area contributed by atoms with Crippen LogP contribution in [0.5, 0.6) is 0 Å². The largest absolute Gasteiger partial charge is 0.469 e. The minimum Gasteiger partial charge on any atom is -0.469 e. The van der Waals surface area contributed by atoms with E-state index < -0.39 is 0 Å². The number of ether oxygens (including phenoxy) is 1. The van der Waals surface area contributed by atoms with E-state index in [1.54, 1.807) is 0 Å². The number of hydrogen-bond donors (Lipinski definition) is 0. The average molecular weight is 271 g/mol. The molecule has 0 unspecified atom stereocenters. The Labute approximate surface area is 98.8 Å². The Bertz CT molecular complexity index is 372. The van der Waals surface area contributed by atoms with Gasteiger partial charge < -0.3 is 4.74 Å². The lowest BCUT2D eigenvalue weighted by molar-refractivity contribution is -0.139. The molecule has 0 N–H and O–H groups in total. The Morgan fingerprint density at radius 1 is 1.40 bits per heavy atom. The Kier molecular flexibility index (Phi) is 4.33. The van der Waals surface area contributed by atoms with Gasteiger partial charge in [-0.3, -0.25) is 4.79 Å². The first-order valence-electron chi connectivity index (χ1n) is 4.80. The second-order valence-electron chi connectivity index (χ2n) is 3.61. The van der Waals surface area contributed by atoms with E-state index in [-0.39, 0.29) is 5.97 Å². The number of alkyl halides is 1. The Morgan fingerprint density at radius 3 is 2.60 bits per heavy atom. The number of benzene rings is 1. The van der Waals surface area contributed by atoms with Crippen molar-refractivity contribution in [3.05, 3.63) is 34.4 Å². The molecule has 0 spiro atoms. The molecule has 0 heterocycles. The predicted octanol–water partition coefficient (Wildman–Crippen LogP) is 2.91. The van der Waals surface area contributed by atoms with Crippen LogP contribution in [0.25, 0.3) is 0 Å². The highest BCUT2D eigenvalue weighted by molar-refractivity contribution is 9.08. The predicted molar refractivity (Wildman–Crippen MR) is 64.3 cm³/mol. The number of esters is 1. The molecule has 0 fully saturated rings. The minimum absolute atomic E-state index is 0.192. The van der Waals surface area contributed by atoms with E-state index in [1.807, 2.05) is 13.0 Å². The number of rotatable bonds is 3. The lowest BCUT2D eigenvalue weighted by Crippen LogP contribution is -2.07. The van der Waals surface area contributed by atoms with Gasteiger partial charge in [0.15, 0.2) is 0 Å². The monoisotopic (exact) mass is 270 g/mol. The van der Waals surface area contributed by atoms with Crippen LogP contribution in [0.15, 0.2) is 12.1 Å². The molecule has 0 aliphatic rings. The summed E-state index contributed by atoms with van der Waals surface area (Å²) in [4.78, 5) is 11.2. The summed E-state index contributed by atoms with van der Waals surface area (Å²) in [6, 6.07) is 4.16. The van der Waals surface area contributed by atoms with Crippen molar-refractivity contribution in [1.29, 1.82) is 0 Å². The summed E-state index contributed by atoms with van der Waals surface area (Å²) in [5.41, 5.74) is 4.63. The van der Waals surface area contributed by atoms with Gasteiger partial charge >= 0.3 is 5.97 Å². The quantitative estimate of drug-likeness (QED) is 0.624. The van der Waals surface area contributed by atoms with Gasteiger partial charge in [-0.2, -0.15) is 0 Å². The van der Waals surface area contributed by atoms with E-state index in [2.05, 4.69) is 33.7 Å². The zero-order chi connectivity index (χ0) is 11.4. The molecule has 0 aliphatic carbocycles. The third-order valence-electron chi connectivity index (χ3n) is 2.41. The fourth-order valence-electron chi connectivity index (χ4n) is 1.66. The van der Waals surface area contributed by atoms with Gasteiger partial charge in [0, 0.05) is 5.33 Å². The van der Waals surface area contributed by atoms with Crippen molar-refractivity contribution >= 4 is 21.9 Å². The van der Waals surface area contributed by atoms with Crippen molar-refractivity contribution in [3.8, 4) is 0 Å². The van der Waals surface area contributed by atoms with Crippen molar-refractivity contribution in [2.75, 3.05) is 7.11 Å². The zero-order valence-electron chi connectivity index (χ0n) is 9.26. The number of aryl methyl sites for hydroxylation is 2. The molecule has 82 valence electrons. The van der Waals surface area contributed by atoms with E-state index in [1.165, 1.54) is 23.8 Å². The molecule has 0 bridgehead atoms. The summed E-state index contributed by atoms with van der Waals surface area (Å²) in [5, 5.41) is 0.769. The van der Waals surface area contributed by atoms with E-state index in [0.717, 1.165) is 10.9 Å². The van der Waals surface area contributed by atoms with Crippen molar-refractivity contribution < 1.29 is 9.53 Å². The molecule has 0 atom stereocenters. The van der Waals surface area contributed by atoms with Gasteiger partial charge in [-0.1, -0.05) is 33.6 Å². The van der Waals surface area contributed by atoms with Crippen LogP contribution in [-0.2, 0) is 21.3 Å². The van der Waals surface area contributed by atoms with Gasteiger partial charge in [0.05, 0.1) is 13.5 Å². The molecule has 3 heteroatoms. The highest BCUT2D eigenvalue weighted by Gasteiger charge is 2.10. The lowest BCUT2D eigenvalue weighted by atomic mass is 9.98. The van der Waals surface area contributed by atoms with Gasteiger partial charge in [0.25, 0.3) is 0 Å². The maximum atomic E-state index is 11.2. The second kappa shape index (κ2) is 5.31. The molecule has 0 aromatic heterocycles. The van der Waals surface area contributed by atoms with Gasteiger partial charge in [-0.05, 0) is 30.5 Å². The molecule has 0 amide bonds. The molecule has 1 aromatic carbocycles. The summed E-state index contributed by atoms with van der Waals surface area (Å²) in [7, 11) is 1.42. The molecular weight excluding hydrogens is 256 g/mol. The number of carbonyl (C=O) groups is 1. The highest BCUT2D eigenvalue weighted by atomic mass is 79.9. The fraction of sp³-hybridized carbons (Fsp3) is 0.417. The minimum atomic E-state index is -0.192. The molecule has 1 aromatic rings. The summed E-state index contributed by atoms with van der Waals surface area (Å²) >= 11 is 3.44. The van der Waals surface area contributed by atoms with Crippen molar-refractivity contribution in [1.82, 2.24) is 0 Å². The molecule has 2 nitrogen and oxygen atoms in total. The summed E-state index contributed by atoms with van der Waals surface area (Å²) in [5.74, 6) is -0.192.